The second kappa shape index (κ2) is 7.11. The normalized spacial score (nSPS) is 10.1. The number of hydrogen-bond acceptors (Lipinski definition) is 5. The lowest BCUT2D eigenvalue weighted by Gasteiger charge is -2.14. The van der Waals surface area contributed by atoms with Crippen molar-refractivity contribution in [1.82, 2.24) is 0 Å². The molecule has 0 aromatic heterocycles. The fourth-order valence-corrected chi connectivity index (χ4v) is 2.22. The molecule has 2 aromatic carbocycles. The number of rotatable bonds is 5. The van der Waals surface area contributed by atoms with Gasteiger partial charge in [-0.05, 0) is 30.3 Å². The molecular weight excluding hydrogens is 320 g/mol. The molecule has 7 heteroatoms. The van der Waals surface area contributed by atoms with Gasteiger partial charge in [-0.3, -0.25) is 4.79 Å². The lowest BCUT2D eigenvalue weighted by Crippen LogP contribution is -2.14. The third-order valence-electron chi connectivity index (χ3n) is 3.19. The van der Waals surface area contributed by atoms with Gasteiger partial charge in [0.15, 0.2) is 11.5 Å². The average Bonchev–Trinajstić information content (AvgIpc) is 2.56. The Morgan fingerprint density at radius 1 is 1.04 bits per heavy atom. The lowest BCUT2D eigenvalue weighted by molar-refractivity contribution is 0.102. The molecule has 2 aromatic rings. The molecule has 2 rings (SSSR count). The third kappa shape index (κ3) is 3.60. The Morgan fingerprint density at radius 2 is 1.65 bits per heavy atom. The van der Waals surface area contributed by atoms with Gasteiger partial charge in [0.2, 0.25) is 5.75 Å². The average molecular weight is 337 g/mol. The number of ether oxygens (including phenoxy) is 3. The fraction of sp³-hybridized carbons (Fsp3) is 0.188. The summed E-state index contributed by atoms with van der Waals surface area (Å²) in [6.45, 7) is 0. The molecule has 0 fully saturated rings. The number of benzene rings is 2. The van der Waals surface area contributed by atoms with Crippen LogP contribution < -0.4 is 25.3 Å². The smallest absolute Gasteiger partial charge is 0.255 e. The Morgan fingerprint density at radius 3 is 2.17 bits per heavy atom. The maximum absolute atomic E-state index is 12.5. The third-order valence-corrected chi connectivity index (χ3v) is 3.43. The molecule has 0 bridgehead atoms. The summed E-state index contributed by atoms with van der Waals surface area (Å²) in [5, 5.41) is 3.18. The maximum Gasteiger partial charge on any atom is 0.255 e. The highest BCUT2D eigenvalue weighted by molar-refractivity contribution is 6.31. The number of nitrogens with two attached hydrogens (primary N) is 1. The molecule has 0 spiro atoms. The maximum atomic E-state index is 12.5. The first-order valence-corrected chi connectivity index (χ1v) is 7.04. The van der Waals surface area contributed by atoms with E-state index in [1.807, 2.05) is 0 Å². The monoisotopic (exact) mass is 336 g/mol. The minimum Gasteiger partial charge on any atom is -0.493 e. The summed E-state index contributed by atoms with van der Waals surface area (Å²) < 4.78 is 15.7. The molecule has 0 saturated carbocycles. The van der Waals surface area contributed by atoms with Crippen LogP contribution in [0, 0.1) is 0 Å². The van der Waals surface area contributed by atoms with Crippen molar-refractivity contribution in [2.24, 2.45) is 0 Å². The molecule has 0 unspecified atom stereocenters. The number of methoxy groups -OCH3 is 3. The van der Waals surface area contributed by atoms with Crippen molar-refractivity contribution in [1.29, 1.82) is 0 Å². The van der Waals surface area contributed by atoms with Crippen molar-refractivity contribution < 1.29 is 19.0 Å². The Labute approximate surface area is 139 Å². The van der Waals surface area contributed by atoms with Gasteiger partial charge in [0.25, 0.3) is 5.91 Å². The molecule has 23 heavy (non-hydrogen) atoms. The molecule has 122 valence electrons. The fourth-order valence-electron chi connectivity index (χ4n) is 2.04. The zero-order valence-electron chi connectivity index (χ0n) is 13.0. The highest BCUT2D eigenvalue weighted by atomic mass is 35.5. The van der Waals surface area contributed by atoms with Gasteiger partial charge >= 0.3 is 0 Å². The van der Waals surface area contributed by atoms with Gasteiger partial charge in [-0.1, -0.05) is 11.6 Å². The predicted octanol–water partition coefficient (Wildman–Crippen LogP) is 3.20. The number of amides is 1. The molecule has 1 amide bonds. The summed E-state index contributed by atoms with van der Waals surface area (Å²) in [5.41, 5.74) is 7.00. The number of carbonyl (C=O) groups excluding carboxylic acids is 1. The van der Waals surface area contributed by atoms with Crippen molar-refractivity contribution in [2.45, 2.75) is 0 Å². The van der Waals surface area contributed by atoms with Crippen LogP contribution in [0.2, 0.25) is 5.02 Å². The molecule has 0 heterocycles. The van der Waals surface area contributed by atoms with Crippen molar-refractivity contribution in [2.75, 3.05) is 32.4 Å². The summed E-state index contributed by atoms with van der Waals surface area (Å²) in [5.74, 6) is 0.805. The highest BCUT2D eigenvalue weighted by Gasteiger charge is 2.17. The predicted molar refractivity (Wildman–Crippen MR) is 89.9 cm³/mol. The van der Waals surface area contributed by atoms with Crippen LogP contribution in [0.3, 0.4) is 0 Å². The first-order valence-electron chi connectivity index (χ1n) is 6.66. The number of nitrogen functional groups attached to an aromatic ring is 1. The molecule has 0 saturated heterocycles. The molecule has 3 N–H and O–H groups in total. The Kier molecular flexibility index (Phi) is 5.18. The zero-order valence-corrected chi connectivity index (χ0v) is 13.7. The summed E-state index contributed by atoms with van der Waals surface area (Å²) in [6, 6.07) is 7.95. The quantitative estimate of drug-likeness (QED) is 0.819. The first kappa shape index (κ1) is 16.8. The van der Waals surface area contributed by atoms with E-state index in [1.54, 1.807) is 30.3 Å². The largest absolute Gasteiger partial charge is 0.493 e. The minimum absolute atomic E-state index is 0.332. The number of carbonyl (C=O) groups is 1. The van der Waals surface area contributed by atoms with Crippen LogP contribution in [0.15, 0.2) is 30.3 Å². The van der Waals surface area contributed by atoms with E-state index in [-0.39, 0.29) is 5.91 Å². The molecule has 0 aliphatic heterocycles. The minimum atomic E-state index is -0.377. The van der Waals surface area contributed by atoms with E-state index < -0.39 is 0 Å². The van der Waals surface area contributed by atoms with Crippen LogP contribution >= 0.6 is 11.6 Å². The summed E-state index contributed by atoms with van der Waals surface area (Å²) in [7, 11) is 4.45. The van der Waals surface area contributed by atoms with E-state index >= 15 is 0 Å². The van der Waals surface area contributed by atoms with Gasteiger partial charge in [0, 0.05) is 10.6 Å². The molecule has 6 nitrogen and oxygen atoms in total. The molecule has 0 aliphatic rings. The molecular formula is C16H17ClN2O4. The number of hydrogen-bond donors (Lipinski definition) is 2. The van der Waals surface area contributed by atoms with Crippen LogP contribution in [0.25, 0.3) is 0 Å². The zero-order chi connectivity index (χ0) is 17.0. The first-order chi connectivity index (χ1) is 11.0. The molecule has 0 aliphatic carbocycles. The Balaban J connectivity index is 2.37. The van der Waals surface area contributed by atoms with E-state index in [0.717, 1.165) is 0 Å². The SMILES string of the molecule is COc1cc(C(=O)Nc2cc(Cl)ccc2N)cc(OC)c1OC. The number of halogens is 1. The van der Waals surface area contributed by atoms with Gasteiger partial charge in [-0.2, -0.15) is 0 Å². The van der Waals surface area contributed by atoms with Crippen molar-refractivity contribution in [3.63, 3.8) is 0 Å². The molecule has 0 atom stereocenters. The highest BCUT2D eigenvalue weighted by Crippen LogP contribution is 2.38. The lowest BCUT2D eigenvalue weighted by atomic mass is 10.1. The van der Waals surface area contributed by atoms with E-state index in [9.17, 15) is 4.79 Å². The van der Waals surface area contributed by atoms with E-state index in [2.05, 4.69) is 5.32 Å². The van der Waals surface area contributed by atoms with Gasteiger partial charge < -0.3 is 25.3 Å². The topological polar surface area (TPSA) is 82.8 Å². The van der Waals surface area contributed by atoms with Crippen LogP contribution in [0.5, 0.6) is 17.2 Å². The second-order valence-corrected chi connectivity index (χ2v) is 5.04. The summed E-state index contributed by atoms with van der Waals surface area (Å²) >= 11 is 5.92. The number of anilines is 2. The number of nitrogens with one attached hydrogen (secondary N) is 1. The van der Waals surface area contributed by atoms with Crippen molar-refractivity contribution in [3.05, 3.63) is 40.9 Å². The molecule has 0 radical (unpaired) electrons. The summed E-state index contributed by atoms with van der Waals surface area (Å²) in [6.07, 6.45) is 0. The summed E-state index contributed by atoms with van der Waals surface area (Å²) in [4.78, 5) is 12.5. The van der Waals surface area contributed by atoms with Crippen LogP contribution in [0.1, 0.15) is 10.4 Å². The van der Waals surface area contributed by atoms with Gasteiger partial charge in [-0.15, -0.1) is 0 Å². The van der Waals surface area contributed by atoms with Crippen LogP contribution in [0.4, 0.5) is 11.4 Å². The second-order valence-electron chi connectivity index (χ2n) is 4.60. The van der Waals surface area contributed by atoms with Crippen LogP contribution in [-0.2, 0) is 0 Å². The Hall–Kier alpha value is -2.60. The standard InChI is InChI=1S/C16H17ClN2O4/c1-21-13-6-9(7-14(22-2)15(13)23-3)16(20)19-12-8-10(17)4-5-11(12)18/h4-8H,18H2,1-3H3,(H,19,20). The van der Waals surface area contributed by atoms with Gasteiger partial charge in [0.05, 0.1) is 32.7 Å². The van der Waals surface area contributed by atoms with E-state index in [0.29, 0.717) is 39.2 Å². The van der Waals surface area contributed by atoms with E-state index in [1.165, 1.54) is 21.3 Å². The van der Waals surface area contributed by atoms with Crippen molar-refractivity contribution in [3.8, 4) is 17.2 Å². The van der Waals surface area contributed by atoms with Gasteiger partial charge in [0.1, 0.15) is 0 Å². The van der Waals surface area contributed by atoms with Crippen molar-refractivity contribution >= 4 is 28.9 Å². The van der Waals surface area contributed by atoms with Crippen LogP contribution in [-0.4, -0.2) is 27.2 Å². The van der Waals surface area contributed by atoms with Gasteiger partial charge in [-0.25, -0.2) is 0 Å². The Bertz CT molecular complexity index is 709. The van der Waals surface area contributed by atoms with E-state index in [4.69, 9.17) is 31.5 Å².